The fourth-order valence-corrected chi connectivity index (χ4v) is 2.62. The highest BCUT2D eigenvalue weighted by molar-refractivity contribution is 5.94. The van der Waals surface area contributed by atoms with Gasteiger partial charge in [-0.3, -0.25) is 14.9 Å². The van der Waals surface area contributed by atoms with Crippen LogP contribution in [0.25, 0.3) is 0 Å². The van der Waals surface area contributed by atoms with Crippen molar-refractivity contribution in [3.8, 4) is 0 Å². The number of pyridine rings is 1. The van der Waals surface area contributed by atoms with E-state index >= 15 is 0 Å². The number of aromatic nitrogens is 3. The summed E-state index contributed by atoms with van der Waals surface area (Å²) >= 11 is 0. The van der Waals surface area contributed by atoms with Crippen molar-refractivity contribution in [1.82, 2.24) is 20.1 Å². The molecule has 0 atom stereocenters. The number of amides is 1. The summed E-state index contributed by atoms with van der Waals surface area (Å²) < 4.78 is 0. The number of H-pyrrole nitrogens is 1. The summed E-state index contributed by atoms with van der Waals surface area (Å²) in [7, 11) is 1.83. The van der Waals surface area contributed by atoms with E-state index in [0.29, 0.717) is 12.2 Å². The molecule has 1 amide bonds. The maximum Gasteiger partial charge on any atom is 0.274 e. The fraction of sp³-hybridized carbons (Fsp3) is 0.400. The van der Waals surface area contributed by atoms with Crippen molar-refractivity contribution in [3.05, 3.63) is 47.0 Å². The van der Waals surface area contributed by atoms with Crippen LogP contribution in [0.4, 0.5) is 0 Å². The quantitative estimate of drug-likeness (QED) is 0.918. The second-order valence-electron chi connectivity index (χ2n) is 5.22. The minimum atomic E-state index is 0.0125. The van der Waals surface area contributed by atoms with Gasteiger partial charge in [-0.2, -0.15) is 5.10 Å². The summed E-state index contributed by atoms with van der Waals surface area (Å²) in [6.45, 7) is 0.685. The van der Waals surface area contributed by atoms with Crippen LogP contribution in [0, 0.1) is 0 Å². The zero-order chi connectivity index (χ0) is 13.9. The zero-order valence-electron chi connectivity index (χ0n) is 11.6. The molecule has 2 aromatic heterocycles. The van der Waals surface area contributed by atoms with Crippen LogP contribution in [0.15, 0.2) is 24.5 Å². The molecule has 0 saturated carbocycles. The third-order valence-electron chi connectivity index (χ3n) is 3.84. The number of carbonyl (C=O) groups is 1. The fourth-order valence-electron chi connectivity index (χ4n) is 2.62. The molecule has 104 valence electrons. The largest absolute Gasteiger partial charge is 0.340 e. The third kappa shape index (κ3) is 2.43. The Bertz CT molecular complexity index is 606. The predicted molar refractivity (Wildman–Crippen MR) is 75.5 cm³/mol. The van der Waals surface area contributed by atoms with Gasteiger partial charge in [-0.1, -0.05) is 0 Å². The zero-order valence-corrected chi connectivity index (χ0v) is 11.6. The molecule has 0 radical (unpaired) electrons. The van der Waals surface area contributed by atoms with E-state index in [1.807, 2.05) is 19.2 Å². The number of hydrogen-bond donors (Lipinski definition) is 1. The van der Waals surface area contributed by atoms with Gasteiger partial charge in [0.15, 0.2) is 5.69 Å². The molecule has 0 fully saturated rings. The summed E-state index contributed by atoms with van der Waals surface area (Å²) in [6.07, 6.45) is 7.47. The maximum atomic E-state index is 12.4. The lowest BCUT2D eigenvalue weighted by Crippen LogP contribution is -2.29. The molecule has 2 heterocycles. The first-order chi connectivity index (χ1) is 9.75. The number of carbonyl (C=O) groups excluding carboxylic acids is 1. The molecule has 1 aliphatic rings. The van der Waals surface area contributed by atoms with E-state index < -0.39 is 0 Å². The lowest BCUT2D eigenvalue weighted by Gasteiger charge is -2.16. The van der Waals surface area contributed by atoms with Crippen LogP contribution in [0.1, 0.15) is 33.7 Å². The second kappa shape index (κ2) is 5.45. The Hall–Kier alpha value is -2.17. The van der Waals surface area contributed by atoms with Crippen molar-refractivity contribution in [2.75, 3.05) is 13.6 Å². The SMILES string of the molecule is CN(CCc1ccncc1)C(=O)c1n[nH]c2c1CCC2. The van der Waals surface area contributed by atoms with E-state index in [0.717, 1.165) is 36.9 Å². The van der Waals surface area contributed by atoms with Gasteiger partial charge in [0.05, 0.1) is 0 Å². The van der Waals surface area contributed by atoms with Crippen LogP contribution < -0.4 is 0 Å². The Morgan fingerprint density at radius 1 is 1.35 bits per heavy atom. The molecule has 0 aliphatic heterocycles. The number of rotatable bonds is 4. The van der Waals surface area contributed by atoms with Crippen molar-refractivity contribution in [3.63, 3.8) is 0 Å². The molecule has 5 nitrogen and oxygen atoms in total. The number of aromatic amines is 1. The number of hydrogen-bond acceptors (Lipinski definition) is 3. The average molecular weight is 270 g/mol. The van der Waals surface area contributed by atoms with Gasteiger partial charge in [0.1, 0.15) is 0 Å². The summed E-state index contributed by atoms with van der Waals surface area (Å²) in [5.74, 6) is 0.0125. The van der Waals surface area contributed by atoms with Crippen LogP contribution in [-0.2, 0) is 19.3 Å². The van der Waals surface area contributed by atoms with Crippen molar-refractivity contribution in [2.24, 2.45) is 0 Å². The van der Waals surface area contributed by atoms with Gasteiger partial charge in [-0.15, -0.1) is 0 Å². The number of likely N-dealkylation sites (N-methyl/N-ethyl adjacent to an activating group) is 1. The number of nitrogens with one attached hydrogen (secondary N) is 1. The van der Waals surface area contributed by atoms with E-state index in [1.54, 1.807) is 17.3 Å². The summed E-state index contributed by atoms with van der Waals surface area (Å²) in [6, 6.07) is 3.95. The first-order valence-corrected chi connectivity index (χ1v) is 6.96. The van der Waals surface area contributed by atoms with Crippen LogP contribution in [-0.4, -0.2) is 39.6 Å². The first-order valence-electron chi connectivity index (χ1n) is 6.96. The minimum absolute atomic E-state index is 0.0125. The van der Waals surface area contributed by atoms with Crippen LogP contribution in [0.5, 0.6) is 0 Å². The maximum absolute atomic E-state index is 12.4. The van der Waals surface area contributed by atoms with Crippen LogP contribution in [0.2, 0.25) is 0 Å². The Labute approximate surface area is 118 Å². The molecule has 20 heavy (non-hydrogen) atoms. The van der Waals surface area contributed by atoms with Crippen molar-refractivity contribution < 1.29 is 4.79 Å². The topological polar surface area (TPSA) is 61.9 Å². The summed E-state index contributed by atoms with van der Waals surface area (Å²) in [4.78, 5) is 18.2. The molecule has 3 rings (SSSR count). The molecule has 2 aromatic rings. The molecule has 1 N–H and O–H groups in total. The van der Waals surface area contributed by atoms with Crippen LogP contribution >= 0.6 is 0 Å². The van der Waals surface area contributed by atoms with Crippen molar-refractivity contribution >= 4 is 5.91 Å². The van der Waals surface area contributed by atoms with E-state index in [4.69, 9.17) is 0 Å². The van der Waals surface area contributed by atoms with Gasteiger partial charge in [-0.25, -0.2) is 0 Å². The summed E-state index contributed by atoms with van der Waals surface area (Å²) in [5, 5.41) is 7.18. The summed E-state index contributed by atoms with van der Waals surface area (Å²) in [5.41, 5.74) is 4.04. The van der Waals surface area contributed by atoms with Gasteiger partial charge < -0.3 is 4.90 Å². The Morgan fingerprint density at radius 2 is 2.15 bits per heavy atom. The number of aryl methyl sites for hydroxylation is 1. The van der Waals surface area contributed by atoms with E-state index in [1.165, 1.54) is 5.56 Å². The van der Waals surface area contributed by atoms with Gasteiger partial charge in [0.2, 0.25) is 0 Å². The molecule has 1 aliphatic carbocycles. The Balaban J connectivity index is 1.65. The van der Waals surface area contributed by atoms with Crippen molar-refractivity contribution in [2.45, 2.75) is 25.7 Å². The number of nitrogens with zero attached hydrogens (tertiary/aromatic N) is 3. The molecule has 0 unspecified atom stereocenters. The van der Waals surface area contributed by atoms with Gasteiger partial charge in [-0.05, 0) is 43.4 Å². The highest BCUT2D eigenvalue weighted by Crippen LogP contribution is 2.23. The van der Waals surface area contributed by atoms with Gasteiger partial charge in [0.25, 0.3) is 5.91 Å². The van der Waals surface area contributed by atoms with E-state index in [9.17, 15) is 4.79 Å². The Kier molecular flexibility index (Phi) is 3.50. The highest BCUT2D eigenvalue weighted by atomic mass is 16.2. The normalized spacial score (nSPS) is 13.2. The van der Waals surface area contributed by atoms with Crippen molar-refractivity contribution in [1.29, 1.82) is 0 Å². The standard InChI is InChI=1S/C15H18N4O/c1-19(10-7-11-5-8-16-9-6-11)15(20)14-12-3-2-4-13(12)17-18-14/h5-6,8-9H,2-4,7,10H2,1H3,(H,17,18). The average Bonchev–Trinajstić information content (AvgIpc) is 3.08. The molecule has 0 aromatic carbocycles. The highest BCUT2D eigenvalue weighted by Gasteiger charge is 2.24. The minimum Gasteiger partial charge on any atom is -0.340 e. The lowest BCUT2D eigenvalue weighted by molar-refractivity contribution is 0.0790. The van der Waals surface area contributed by atoms with Gasteiger partial charge in [0, 0.05) is 37.2 Å². The molecule has 0 spiro atoms. The molecular formula is C15H18N4O. The van der Waals surface area contributed by atoms with Gasteiger partial charge >= 0.3 is 0 Å². The molecule has 0 bridgehead atoms. The first kappa shape index (κ1) is 12.8. The third-order valence-corrected chi connectivity index (χ3v) is 3.84. The molecule has 0 saturated heterocycles. The smallest absolute Gasteiger partial charge is 0.274 e. The second-order valence-corrected chi connectivity index (χ2v) is 5.22. The Morgan fingerprint density at radius 3 is 2.95 bits per heavy atom. The van der Waals surface area contributed by atoms with E-state index in [2.05, 4.69) is 15.2 Å². The van der Waals surface area contributed by atoms with E-state index in [-0.39, 0.29) is 5.91 Å². The number of fused-ring (bicyclic) bond motifs is 1. The molecule has 5 heteroatoms. The van der Waals surface area contributed by atoms with Crippen LogP contribution in [0.3, 0.4) is 0 Å². The monoisotopic (exact) mass is 270 g/mol. The lowest BCUT2D eigenvalue weighted by atomic mass is 10.1. The predicted octanol–water partition coefficient (Wildman–Crippen LogP) is 1.61. The molecular weight excluding hydrogens is 252 g/mol.